The van der Waals surface area contributed by atoms with Crippen LogP contribution in [0.5, 0.6) is 0 Å². The third-order valence-corrected chi connectivity index (χ3v) is 6.62. The Bertz CT molecular complexity index is 561. The summed E-state index contributed by atoms with van der Waals surface area (Å²) in [6.45, 7) is 10.2. The van der Waals surface area contributed by atoms with Crippen LogP contribution in [0.3, 0.4) is 0 Å². The zero-order chi connectivity index (χ0) is 15.0. The van der Waals surface area contributed by atoms with Crippen molar-refractivity contribution in [3.63, 3.8) is 0 Å². The summed E-state index contributed by atoms with van der Waals surface area (Å²) >= 11 is 1.51. The van der Waals surface area contributed by atoms with Crippen molar-refractivity contribution in [3.05, 3.63) is 16.3 Å². The fraction of sp³-hybridized carbons (Fsp3) is 0.714. The molecule has 1 aromatic heterocycles. The molecule has 2 rings (SSSR count). The summed E-state index contributed by atoms with van der Waals surface area (Å²) in [5.41, 5.74) is 0.0828. The molecule has 4 nitrogen and oxygen atoms in total. The lowest BCUT2D eigenvalue weighted by atomic mass is 9.93. The summed E-state index contributed by atoms with van der Waals surface area (Å²) in [6.07, 6.45) is 0.927. The third kappa shape index (κ3) is 3.42. The lowest BCUT2D eigenvalue weighted by Gasteiger charge is -2.20. The Labute approximate surface area is 126 Å². The summed E-state index contributed by atoms with van der Waals surface area (Å²) in [6, 6.07) is 2.08. The lowest BCUT2D eigenvalue weighted by molar-refractivity contribution is 0.375. The Hall–Kier alpha value is -0.430. The van der Waals surface area contributed by atoms with Crippen LogP contribution in [-0.4, -0.2) is 31.9 Å². The molecule has 0 aromatic carbocycles. The second-order valence-corrected chi connectivity index (χ2v) is 9.40. The molecule has 0 bridgehead atoms. The van der Waals surface area contributed by atoms with Gasteiger partial charge in [0.1, 0.15) is 0 Å². The molecule has 1 fully saturated rings. The Morgan fingerprint density at radius 3 is 2.70 bits per heavy atom. The molecule has 114 valence electrons. The van der Waals surface area contributed by atoms with Crippen LogP contribution in [0.25, 0.3) is 0 Å². The van der Waals surface area contributed by atoms with Crippen molar-refractivity contribution < 1.29 is 8.42 Å². The number of rotatable bonds is 5. The molecular formula is C14H24N2O2S2. The third-order valence-electron chi connectivity index (χ3n) is 3.64. The van der Waals surface area contributed by atoms with E-state index in [9.17, 15) is 8.42 Å². The molecule has 1 saturated heterocycles. The zero-order valence-corrected chi connectivity index (χ0v) is 14.3. The Morgan fingerprint density at radius 2 is 2.15 bits per heavy atom. The summed E-state index contributed by atoms with van der Waals surface area (Å²) in [7, 11) is -3.34. The standard InChI is InChI=1S/C14H24N2O2S2/c1-11(2)15-9-12-13(5-8-19-12)20(17,18)16-7-6-14(3,4)10-16/h5,8,11,15H,6-7,9-10H2,1-4H3. The van der Waals surface area contributed by atoms with Crippen molar-refractivity contribution in [2.24, 2.45) is 5.41 Å². The van der Waals surface area contributed by atoms with Gasteiger partial charge >= 0.3 is 0 Å². The Kier molecular flexibility index (Phi) is 4.59. The molecule has 0 saturated carbocycles. The van der Waals surface area contributed by atoms with Crippen LogP contribution in [0.4, 0.5) is 0 Å². The second kappa shape index (κ2) is 5.75. The van der Waals surface area contributed by atoms with Gasteiger partial charge in [-0.3, -0.25) is 0 Å². The smallest absolute Gasteiger partial charge is 0.244 e. The van der Waals surface area contributed by atoms with Gasteiger partial charge in [-0.2, -0.15) is 4.31 Å². The molecule has 0 atom stereocenters. The number of hydrogen-bond acceptors (Lipinski definition) is 4. The molecule has 0 unspecified atom stereocenters. The first-order chi connectivity index (χ1) is 9.22. The van der Waals surface area contributed by atoms with E-state index in [1.54, 1.807) is 10.4 Å². The average Bonchev–Trinajstić information content (AvgIpc) is 2.92. The van der Waals surface area contributed by atoms with Gasteiger partial charge in [-0.25, -0.2) is 8.42 Å². The van der Waals surface area contributed by atoms with E-state index >= 15 is 0 Å². The first kappa shape index (κ1) is 15.9. The molecular weight excluding hydrogens is 292 g/mol. The van der Waals surface area contributed by atoms with Crippen molar-refractivity contribution in [2.75, 3.05) is 13.1 Å². The normalized spacial score (nSPS) is 19.9. The second-order valence-electron chi connectivity index (χ2n) is 6.50. The molecule has 1 aliphatic heterocycles. The SMILES string of the molecule is CC(C)NCc1sccc1S(=O)(=O)N1CCC(C)(C)C1. The average molecular weight is 316 g/mol. The minimum Gasteiger partial charge on any atom is -0.310 e. The lowest BCUT2D eigenvalue weighted by Crippen LogP contribution is -2.31. The fourth-order valence-corrected chi connectivity index (χ4v) is 5.39. The summed E-state index contributed by atoms with van der Waals surface area (Å²) in [5, 5.41) is 5.16. The molecule has 1 aromatic rings. The van der Waals surface area contributed by atoms with E-state index in [0.29, 0.717) is 30.6 Å². The highest BCUT2D eigenvalue weighted by Crippen LogP contribution is 2.34. The van der Waals surface area contributed by atoms with Gasteiger partial charge in [0.05, 0.1) is 4.90 Å². The van der Waals surface area contributed by atoms with Gasteiger partial charge in [-0.05, 0) is 23.3 Å². The topological polar surface area (TPSA) is 49.4 Å². The monoisotopic (exact) mass is 316 g/mol. The van der Waals surface area contributed by atoms with E-state index in [2.05, 4.69) is 33.0 Å². The predicted octanol–water partition coefficient (Wildman–Crippen LogP) is 2.67. The van der Waals surface area contributed by atoms with Crippen molar-refractivity contribution in [1.82, 2.24) is 9.62 Å². The molecule has 0 spiro atoms. The van der Waals surface area contributed by atoms with Crippen LogP contribution in [-0.2, 0) is 16.6 Å². The minimum atomic E-state index is -3.34. The largest absolute Gasteiger partial charge is 0.310 e. The van der Waals surface area contributed by atoms with E-state index in [1.165, 1.54) is 11.3 Å². The highest BCUT2D eigenvalue weighted by Gasteiger charge is 2.37. The first-order valence-corrected chi connectivity index (χ1v) is 9.34. The molecule has 6 heteroatoms. The number of thiophene rings is 1. The van der Waals surface area contributed by atoms with Gasteiger partial charge in [-0.15, -0.1) is 11.3 Å². The van der Waals surface area contributed by atoms with E-state index in [4.69, 9.17) is 0 Å². The molecule has 0 radical (unpaired) electrons. The van der Waals surface area contributed by atoms with Crippen LogP contribution in [0, 0.1) is 5.41 Å². The van der Waals surface area contributed by atoms with Crippen molar-refractivity contribution in [2.45, 2.75) is 51.6 Å². The van der Waals surface area contributed by atoms with E-state index < -0.39 is 10.0 Å². The minimum absolute atomic E-state index is 0.0828. The molecule has 1 aliphatic rings. The van der Waals surface area contributed by atoms with E-state index in [1.807, 2.05) is 5.38 Å². The van der Waals surface area contributed by atoms with Gasteiger partial charge < -0.3 is 5.32 Å². The van der Waals surface area contributed by atoms with Crippen LogP contribution in [0.2, 0.25) is 0 Å². The predicted molar refractivity (Wildman–Crippen MR) is 83.5 cm³/mol. The maximum absolute atomic E-state index is 12.8. The van der Waals surface area contributed by atoms with E-state index in [0.717, 1.165) is 11.3 Å². The maximum atomic E-state index is 12.8. The zero-order valence-electron chi connectivity index (χ0n) is 12.6. The van der Waals surface area contributed by atoms with Gasteiger partial charge in [0.25, 0.3) is 0 Å². The van der Waals surface area contributed by atoms with Gasteiger partial charge in [-0.1, -0.05) is 27.7 Å². The van der Waals surface area contributed by atoms with Crippen LogP contribution in [0.15, 0.2) is 16.3 Å². The molecule has 0 aliphatic carbocycles. The summed E-state index contributed by atoms with van der Waals surface area (Å²) in [4.78, 5) is 1.39. The molecule has 1 N–H and O–H groups in total. The number of hydrogen-bond donors (Lipinski definition) is 1. The Balaban J connectivity index is 2.20. The quantitative estimate of drug-likeness (QED) is 0.908. The first-order valence-electron chi connectivity index (χ1n) is 7.02. The maximum Gasteiger partial charge on any atom is 0.244 e. The highest BCUT2D eigenvalue weighted by atomic mass is 32.2. The fourth-order valence-electron chi connectivity index (χ4n) is 2.39. The summed E-state index contributed by atoms with van der Waals surface area (Å²) < 4.78 is 27.1. The number of nitrogens with zero attached hydrogens (tertiary/aromatic N) is 1. The number of sulfonamides is 1. The summed E-state index contributed by atoms with van der Waals surface area (Å²) in [5.74, 6) is 0. The van der Waals surface area contributed by atoms with Gasteiger partial charge in [0, 0.05) is 30.6 Å². The van der Waals surface area contributed by atoms with Gasteiger partial charge in [0.15, 0.2) is 0 Å². The molecule has 2 heterocycles. The molecule has 20 heavy (non-hydrogen) atoms. The van der Waals surface area contributed by atoms with E-state index in [-0.39, 0.29) is 5.41 Å². The van der Waals surface area contributed by atoms with Crippen LogP contribution < -0.4 is 5.32 Å². The van der Waals surface area contributed by atoms with Crippen molar-refractivity contribution >= 4 is 21.4 Å². The van der Waals surface area contributed by atoms with Crippen molar-refractivity contribution in [3.8, 4) is 0 Å². The van der Waals surface area contributed by atoms with Crippen LogP contribution in [0.1, 0.15) is 39.0 Å². The Morgan fingerprint density at radius 1 is 1.45 bits per heavy atom. The van der Waals surface area contributed by atoms with Gasteiger partial charge in [0.2, 0.25) is 10.0 Å². The van der Waals surface area contributed by atoms with Crippen LogP contribution >= 0.6 is 11.3 Å². The number of nitrogens with one attached hydrogen (secondary N) is 1. The van der Waals surface area contributed by atoms with Crippen molar-refractivity contribution in [1.29, 1.82) is 0 Å². The highest BCUT2D eigenvalue weighted by molar-refractivity contribution is 7.89. The molecule has 0 amide bonds.